The number of benzene rings is 1. The molecule has 0 bridgehead atoms. The molecule has 0 aliphatic carbocycles. The second-order valence-electron chi connectivity index (χ2n) is 8.09. The van der Waals surface area contributed by atoms with Crippen molar-refractivity contribution in [2.75, 3.05) is 41.1 Å². The molecular formula is C20H23N5O4S. The van der Waals surface area contributed by atoms with Gasteiger partial charge in [-0.25, -0.2) is 22.7 Å². The standard InChI is InChI=1S/C20H23N5O4S/c1-20(2)14-30(28,29)25(18(20)27)16-6-3-5-15(13-16)17(26)23-9-11-24(12-10-23)19-21-7-4-8-22-19/h3-8,13H,9-12,14H2,1-2H3. The minimum Gasteiger partial charge on any atom is -0.337 e. The van der Waals surface area contributed by atoms with Crippen LogP contribution in [0.4, 0.5) is 11.6 Å². The smallest absolute Gasteiger partial charge is 0.254 e. The SMILES string of the molecule is CC1(C)CS(=O)(=O)N(c2cccc(C(=O)N3CCN(c4ncccn4)CC3)c2)C1=O. The lowest BCUT2D eigenvalue weighted by molar-refractivity contribution is -0.123. The van der Waals surface area contributed by atoms with Gasteiger partial charge in [0.2, 0.25) is 21.9 Å². The van der Waals surface area contributed by atoms with Crippen LogP contribution in [0.3, 0.4) is 0 Å². The van der Waals surface area contributed by atoms with Crippen LogP contribution in [0.2, 0.25) is 0 Å². The number of aromatic nitrogens is 2. The fraction of sp³-hybridized carbons (Fsp3) is 0.400. The van der Waals surface area contributed by atoms with Gasteiger partial charge in [0.1, 0.15) is 0 Å². The molecule has 4 rings (SSSR count). The second kappa shape index (κ2) is 7.35. The van der Waals surface area contributed by atoms with Crippen LogP contribution in [0.25, 0.3) is 0 Å². The van der Waals surface area contributed by atoms with Crippen LogP contribution in [0, 0.1) is 5.41 Å². The molecule has 0 atom stereocenters. The molecule has 0 N–H and O–H groups in total. The van der Waals surface area contributed by atoms with Crippen molar-refractivity contribution in [3.05, 3.63) is 48.3 Å². The molecule has 2 fully saturated rings. The van der Waals surface area contributed by atoms with Crippen LogP contribution in [0.15, 0.2) is 42.7 Å². The van der Waals surface area contributed by atoms with Gasteiger partial charge in [-0.15, -0.1) is 0 Å². The van der Waals surface area contributed by atoms with Gasteiger partial charge in [0.15, 0.2) is 0 Å². The fourth-order valence-electron chi connectivity index (χ4n) is 3.77. The summed E-state index contributed by atoms with van der Waals surface area (Å²) in [6.07, 6.45) is 3.36. The third kappa shape index (κ3) is 3.62. The Hall–Kier alpha value is -3.01. The lowest BCUT2D eigenvalue weighted by Gasteiger charge is -2.34. The van der Waals surface area contributed by atoms with Gasteiger partial charge in [-0.2, -0.15) is 0 Å². The monoisotopic (exact) mass is 429 g/mol. The van der Waals surface area contributed by atoms with E-state index in [1.165, 1.54) is 12.1 Å². The first-order chi connectivity index (χ1) is 14.2. The van der Waals surface area contributed by atoms with Crippen LogP contribution in [-0.2, 0) is 14.8 Å². The maximum Gasteiger partial charge on any atom is 0.254 e. The van der Waals surface area contributed by atoms with Crippen molar-refractivity contribution in [1.29, 1.82) is 0 Å². The zero-order valence-electron chi connectivity index (χ0n) is 16.9. The fourth-order valence-corrected chi connectivity index (χ4v) is 5.87. The van der Waals surface area contributed by atoms with Gasteiger partial charge >= 0.3 is 0 Å². The van der Waals surface area contributed by atoms with E-state index in [9.17, 15) is 18.0 Å². The first kappa shape index (κ1) is 20.3. The molecule has 10 heteroatoms. The molecule has 1 aromatic carbocycles. The average Bonchev–Trinajstić information content (AvgIpc) is 2.90. The third-order valence-electron chi connectivity index (χ3n) is 5.31. The molecule has 9 nitrogen and oxygen atoms in total. The summed E-state index contributed by atoms with van der Waals surface area (Å²) in [7, 11) is -3.76. The summed E-state index contributed by atoms with van der Waals surface area (Å²) in [5.74, 6) is -0.301. The van der Waals surface area contributed by atoms with Gasteiger partial charge in [-0.05, 0) is 38.1 Å². The maximum absolute atomic E-state index is 13.0. The summed E-state index contributed by atoms with van der Waals surface area (Å²) in [6.45, 7) is 5.41. The Morgan fingerprint density at radius 3 is 2.30 bits per heavy atom. The van der Waals surface area contributed by atoms with Crippen molar-refractivity contribution >= 4 is 33.5 Å². The predicted molar refractivity (Wildman–Crippen MR) is 112 cm³/mol. The molecule has 2 amide bonds. The average molecular weight is 430 g/mol. The lowest BCUT2D eigenvalue weighted by Crippen LogP contribution is -2.49. The molecule has 0 saturated carbocycles. The van der Waals surface area contributed by atoms with Crippen LogP contribution >= 0.6 is 0 Å². The van der Waals surface area contributed by atoms with E-state index in [1.807, 2.05) is 4.90 Å². The van der Waals surface area contributed by atoms with Gasteiger partial charge in [-0.3, -0.25) is 9.59 Å². The van der Waals surface area contributed by atoms with Crippen molar-refractivity contribution < 1.29 is 18.0 Å². The van der Waals surface area contributed by atoms with Gasteiger partial charge in [0.05, 0.1) is 16.9 Å². The normalized spacial score (nSPS) is 20.5. The van der Waals surface area contributed by atoms with E-state index in [2.05, 4.69) is 9.97 Å². The number of amides is 2. The minimum absolute atomic E-state index is 0.200. The zero-order valence-corrected chi connectivity index (χ0v) is 17.7. The number of carbonyl (C=O) groups is 2. The van der Waals surface area contributed by atoms with Gasteiger partial charge < -0.3 is 9.80 Å². The molecule has 2 aliphatic rings. The predicted octanol–water partition coefficient (Wildman–Crippen LogP) is 1.14. The van der Waals surface area contributed by atoms with E-state index in [4.69, 9.17) is 0 Å². The Morgan fingerprint density at radius 1 is 1.03 bits per heavy atom. The molecule has 2 aromatic rings. The highest BCUT2D eigenvalue weighted by Crippen LogP contribution is 2.36. The second-order valence-corrected chi connectivity index (χ2v) is 9.91. The molecule has 3 heterocycles. The molecule has 2 aliphatic heterocycles. The van der Waals surface area contributed by atoms with Gasteiger partial charge in [0, 0.05) is 44.1 Å². The molecule has 1 aromatic heterocycles. The Labute approximate surface area is 175 Å². The highest BCUT2D eigenvalue weighted by atomic mass is 32.2. The number of nitrogens with zero attached hydrogens (tertiary/aromatic N) is 5. The van der Waals surface area contributed by atoms with E-state index in [-0.39, 0.29) is 17.3 Å². The Balaban J connectivity index is 1.51. The highest BCUT2D eigenvalue weighted by Gasteiger charge is 2.50. The third-order valence-corrected chi connectivity index (χ3v) is 7.33. The van der Waals surface area contributed by atoms with E-state index < -0.39 is 21.3 Å². The number of sulfonamides is 1. The summed E-state index contributed by atoms with van der Waals surface area (Å²) >= 11 is 0. The van der Waals surface area contributed by atoms with Crippen LogP contribution in [-0.4, -0.2) is 67.0 Å². The molecule has 158 valence electrons. The van der Waals surface area contributed by atoms with Crippen LogP contribution in [0.5, 0.6) is 0 Å². The Kier molecular flexibility index (Phi) is 4.97. The summed E-state index contributed by atoms with van der Waals surface area (Å²) < 4.78 is 25.9. The number of hydrogen-bond acceptors (Lipinski definition) is 7. The Bertz CT molecular complexity index is 1080. The van der Waals surface area contributed by atoms with E-state index in [0.29, 0.717) is 37.7 Å². The van der Waals surface area contributed by atoms with Crippen molar-refractivity contribution in [2.24, 2.45) is 5.41 Å². The lowest BCUT2D eigenvalue weighted by atomic mass is 9.95. The first-order valence-corrected chi connectivity index (χ1v) is 11.3. The molecule has 30 heavy (non-hydrogen) atoms. The van der Waals surface area contributed by atoms with Crippen LogP contribution < -0.4 is 9.21 Å². The molecule has 2 saturated heterocycles. The van der Waals surface area contributed by atoms with E-state index in [0.717, 1.165) is 4.31 Å². The largest absolute Gasteiger partial charge is 0.337 e. The quantitative estimate of drug-likeness (QED) is 0.721. The highest BCUT2D eigenvalue weighted by molar-refractivity contribution is 7.94. The molecule has 0 spiro atoms. The van der Waals surface area contributed by atoms with E-state index in [1.54, 1.807) is 49.3 Å². The molecule has 0 radical (unpaired) electrons. The topological polar surface area (TPSA) is 104 Å². The number of rotatable bonds is 3. The number of carbonyl (C=O) groups excluding carboxylic acids is 2. The summed E-state index contributed by atoms with van der Waals surface area (Å²) in [5.41, 5.74) is -0.438. The Morgan fingerprint density at radius 2 is 1.70 bits per heavy atom. The number of anilines is 2. The van der Waals surface area contributed by atoms with Crippen LogP contribution in [0.1, 0.15) is 24.2 Å². The van der Waals surface area contributed by atoms with Crippen molar-refractivity contribution in [2.45, 2.75) is 13.8 Å². The summed E-state index contributed by atoms with van der Waals surface area (Å²) in [4.78, 5) is 37.8. The maximum atomic E-state index is 13.0. The molecular weight excluding hydrogens is 406 g/mol. The zero-order chi connectivity index (χ0) is 21.5. The van der Waals surface area contributed by atoms with Crippen molar-refractivity contribution in [3.63, 3.8) is 0 Å². The summed E-state index contributed by atoms with van der Waals surface area (Å²) in [6, 6.07) is 8.01. The number of hydrogen-bond donors (Lipinski definition) is 0. The minimum atomic E-state index is -3.76. The van der Waals surface area contributed by atoms with Crippen molar-refractivity contribution in [3.8, 4) is 0 Å². The van der Waals surface area contributed by atoms with Gasteiger partial charge in [-0.1, -0.05) is 6.07 Å². The van der Waals surface area contributed by atoms with Crippen molar-refractivity contribution in [1.82, 2.24) is 14.9 Å². The van der Waals surface area contributed by atoms with Gasteiger partial charge in [0.25, 0.3) is 5.91 Å². The molecule has 0 unspecified atom stereocenters. The first-order valence-electron chi connectivity index (χ1n) is 9.68. The summed E-state index contributed by atoms with van der Waals surface area (Å²) in [5, 5.41) is 0. The number of piperazine rings is 1. The van der Waals surface area contributed by atoms with E-state index >= 15 is 0 Å².